The van der Waals surface area contributed by atoms with Gasteiger partial charge < -0.3 is 19.4 Å². The van der Waals surface area contributed by atoms with Gasteiger partial charge in [0.15, 0.2) is 0 Å². The predicted molar refractivity (Wildman–Crippen MR) is 91.0 cm³/mol. The lowest BCUT2D eigenvalue weighted by Crippen LogP contribution is -2.49. The Kier molecular flexibility index (Phi) is 4.12. The van der Waals surface area contributed by atoms with Crippen molar-refractivity contribution in [1.82, 2.24) is 4.90 Å². The van der Waals surface area contributed by atoms with Gasteiger partial charge in [-0.25, -0.2) is 0 Å². The molecule has 5 heteroatoms. The summed E-state index contributed by atoms with van der Waals surface area (Å²) in [4.78, 5) is 19.1. The highest BCUT2D eigenvalue weighted by Crippen LogP contribution is 2.33. The molecule has 0 N–H and O–H groups in total. The van der Waals surface area contributed by atoms with Gasteiger partial charge in [0, 0.05) is 45.2 Å². The number of carbonyl (C=O) groups is 1. The smallest absolute Gasteiger partial charge is 0.225 e. The van der Waals surface area contributed by atoms with E-state index in [0.29, 0.717) is 11.8 Å². The molecule has 0 unspecified atom stereocenters. The molecule has 0 radical (unpaired) electrons. The number of carbonyl (C=O) groups excluding carboxylic acids is 1. The van der Waals surface area contributed by atoms with Gasteiger partial charge in [-0.1, -0.05) is 12.1 Å². The van der Waals surface area contributed by atoms with Crippen LogP contribution in [0.2, 0.25) is 0 Å². The second-order valence-electron chi connectivity index (χ2n) is 6.67. The molecule has 0 aromatic heterocycles. The Balaban J connectivity index is 1.45. The van der Waals surface area contributed by atoms with E-state index in [0.717, 1.165) is 65.3 Å². The number of nitrogens with zero attached hydrogens (tertiary/aromatic N) is 3. The van der Waals surface area contributed by atoms with Gasteiger partial charge >= 0.3 is 0 Å². The second-order valence-corrected chi connectivity index (χ2v) is 6.67. The third kappa shape index (κ3) is 3.15. The van der Waals surface area contributed by atoms with Crippen molar-refractivity contribution in [2.45, 2.75) is 12.8 Å². The Morgan fingerprint density at radius 3 is 2.00 bits per heavy atom. The Morgan fingerprint density at radius 2 is 1.43 bits per heavy atom. The number of rotatable bonds is 3. The first-order valence-electron chi connectivity index (χ1n) is 8.78. The largest absolute Gasteiger partial charge is 0.378 e. The zero-order valence-electron chi connectivity index (χ0n) is 13.6. The second kappa shape index (κ2) is 6.40. The minimum absolute atomic E-state index is 0.335. The first kappa shape index (κ1) is 14.8. The van der Waals surface area contributed by atoms with Gasteiger partial charge in [-0.05, 0) is 25.0 Å². The highest BCUT2D eigenvalue weighted by molar-refractivity contribution is 5.81. The zero-order valence-corrected chi connectivity index (χ0v) is 13.6. The summed E-state index contributed by atoms with van der Waals surface area (Å²) in [5, 5.41) is 0. The normalized spacial score (nSPS) is 22.3. The number of benzene rings is 1. The maximum absolute atomic E-state index is 12.2. The van der Waals surface area contributed by atoms with Crippen molar-refractivity contribution in [3.05, 3.63) is 24.3 Å². The van der Waals surface area contributed by atoms with Crippen molar-refractivity contribution in [3.8, 4) is 0 Å². The van der Waals surface area contributed by atoms with E-state index < -0.39 is 0 Å². The Bertz CT molecular complexity index is 559. The minimum atomic E-state index is 0.335. The van der Waals surface area contributed by atoms with Crippen molar-refractivity contribution in [3.63, 3.8) is 0 Å². The SMILES string of the molecule is O=C(C1CC1)N1CCN(c2ccccc2N2CCOCC2)CC1. The lowest BCUT2D eigenvalue weighted by Gasteiger charge is -2.39. The predicted octanol–water partition coefficient (Wildman–Crippen LogP) is 1.58. The Morgan fingerprint density at radius 1 is 0.870 bits per heavy atom. The zero-order chi connectivity index (χ0) is 15.6. The first-order valence-corrected chi connectivity index (χ1v) is 8.78. The van der Waals surface area contributed by atoms with E-state index in [1.54, 1.807) is 0 Å². The number of piperazine rings is 1. The molecule has 3 aliphatic rings. The number of hydrogen-bond acceptors (Lipinski definition) is 4. The van der Waals surface area contributed by atoms with Crippen LogP contribution in [0.25, 0.3) is 0 Å². The number of para-hydroxylation sites is 2. The van der Waals surface area contributed by atoms with Gasteiger partial charge in [-0.15, -0.1) is 0 Å². The van der Waals surface area contributed by atoms with Gasteiger partial charge in [0.1, 0.15) is 0 Å². The topological polar surface area (TPSA) is 36.0 Å². The van der Waals surface area contributed by atoms with Crippen LogP contribution < -0.4 is 9.80 Å². The summed E-state index contributed by atoms with van der Waals surface area (Å²) in [7, 11) is 0. The fourth-order valence-electron chi connectivity index (χ4n) is 3.56. The Hall–Kier alpha value is -1.75. The summed E-state index contributed by atoms with van der Waals surface area (Å²) in [5.41, 5.74) is 2.60. The standard InChI is InChI=1S/C18H25N3O2/c22-18(15-5-6-15)21-9-7-19(8-10-21)16-3-1-2-4-17(16)20-11-13-23-14-12-20/h1-4,15H,5-14H2. The molecule has 2 heterocycles. The average Bonchev–Trinajstić information content (AvgIpc) is 3.47. The van der Waals surface area contributed by atoms with Gasteiger partial charge in [-0.3, -0.25) is 4.79 Å². The van der Waals surface area contributed by atoms with Crippen LogP contribution in [-0.4, -0.2) is 63.3 Å². The summed E-state index contributed by atoms with van der Waals surface area (Å²) < 4.78 is 5.48. The van der Waals surface area contributed by atoms with Crippen LogP contribution in [0, 0.1) is 5.92 Å². The lowest BCUT2D eigenvalue weighted by molar-refractivity contribution is -0.132. The highest BCUT2D eigenvalue weighted by Gasteiger charge is 2.34. The molecule has 2 saturated heterocycles. The molecule has 0 spiro atoms. The summed E-state index contributed by atoms with van der Waals surface area (Å²) in [6.07, 6.45) is 2.19. The van der Waals surface area contributed by atoms with Crippen LogP contribution in [0.1, 0.15) is 12.8 Å². The van der Waals surface area contributed by atoms with E-state index in [1.807, 2.05) is 0 Å². The van der Waals surface area contributed by atoms with Gasteiger partial charge in [-0.2, -0.15) is 0 Å². The third-order valence-electron chi connectivity index (χ3n) is 5.09. The number of anilines is 2. The van der Waals surface area contributed by atoms with Gasteiger partial charge in [0.25, 0.3) is 0 Å². The van der Waals surface area contributed by atoms with Crippen LogP contribution in [0.3, 0.4) is 0 Å². The summed E-state index contributed by atoms with van der Waals surface area (Å²) in [6, 6.07) is 8.65. The van der Waals surface area contributed by atoms with E-state index in [1.165, 1.54) is 11.4 Å². The van der Waals surface area contributed by atoms with Crippen LogP contribution in [0.15, 0.2) is 24.3 Å². The first-order chi connectivity index (χ1) is 11.3. The molecule has 1 aromatic rings. The quantitative estimate of drug-likeness (QED) is 0.848. The van der Waals surface area contributed by atoms with Gasteiger partial charge in [0.05, 0.1) is 24.6 Å². The van der Waals surface area contributed by atoms with Crippen LogP contribution in [-0.2, 0) is 9.53 Å². The van der Waals surface area contributed by atoms with E-state index in [-0.39, 0.29) is 0 Å². The summed E-state index contributed by atoms with van der Waals surface area (Å²) in [5.74, 6) is 0.716. The molecule has 4 rings (SSSR count). The fourth-order valence-corrected chi connectivity index (χ4v) is 3.56. The maximum Gasteiger partial charge on any atom is 0.225 e. The summed E-state index contributed by atoms with van der Waals surface area (Å²) in [6.45, 7) is 7.09. The molecule has 1 aliphatic carbocycles. The Labute approximate surface area is 137 Å². The molecule has 124 valence electrons. The highest BCUT2D eigenvalue weighted by atomic mass is 16.5. The van der Waals surface area contributed by atoms with Crippen LogP contribution >= 0.6 is 0 Å². The van der Waals surface area contributed by atoms with Gasteiger partial charge in [0.2, 0.25) is 5.91 Å². The van der Waals surface area contributed by atoms with Crippen molar-refractivity contribution in [1.29, 1.82) is 0 Å². The molecular weight excluding hydrogens is 290 g/mol. The number of hydrogen-bond donors (Lipinski definition) is 0. The summed E-state index contributed by atoms with van der Waals surface area (Å²) >= 11 is 0. The molecule has 1 amide bonds. The molecule has 0 bridgehead atoms. The lowest BCUT2D eigenvalue weighted by atomic mass is 10.1. The van der Waals surface area contributed by atoms with E-state index >= 15 is 0 Å². The molecule has 2 aliphatic heterocycles. The molecular formula is C18H25N3O2. The van der Waals surface area contributed by atoms with E-state index in [2.05, 4.69) is 39.0 Å². The number of amides is 1. The minimum Gasteiger partial charge on any atom is -0.378 e. The number of ether oxygens (including phenoxy) is 1. The number of morpholine rings is 1. The van der Waals surface area contributed by atoms with Crippen molar-refractivity contribution >= 4 is 17.3 Å². The molecule has 0 atom stereocenters. The van der Waals surface area contributed by atoms with E-state index in [9.17, 15) is 4.79 Å². The van der Waals surface area contributed by atoms with Crippen LogP contribution in [0.5, 0.6) is 0 Å². The fraction of sp³-hybridized carbons (Fsp3) is 0.611. The maximum atomic E-state index is 12.2. The molecule has 5 nitrogen and oxygen atoms in total. The van der Waals surface area contributed by atoms with Crippen molar-refractivity contribution < 1.29 is 9.53 Å². The van der Waals surface area contributed by atoms with Crippen molar-refractivity contribution in [2.75, 3.05) is 62.3 Å². The molecule has 23 heavy (non-hydrogen) atoms. The molecule has 1 saturated carbocycles. The average molecular weight is 315 g/mol. The van der Waals surface area contributed by atoms with E-state index in [4.69, 9.17) is 4.74 Å². The molecule has 3 fully saturated rings. The monoisotopic (exact) mass is 315 g/mol. The molecule has 1 aromatic carbocycles. The van der Waals surface area contributed by atoms with Crippen molar-refractivity contribution in [2.24, 2.45) is 5.92 Å². The van der Waals surface area contributed by atoms with Crippen LogP contribution in [0.4, 0.5) is 11.4 Å². The third-order valence-corrected chi connectivity index (χ3v) is 5.09.